The smallest absolute Gasteiger partial charge is 0.228 e. The summed E-state index contributed by atoms with van der Waals surface area (Å²) in [7, 11) is 0. The zero-order valence-electron chi connectivity index (χ0n) is 12.1. The summed E-state index contributed by atoms with van der Waals surface area (Å²) < 4.78 is 13.5. The topological polar surface area (TPSA) is 55.1 Å². The van der Waals surface area contributed by atoms with Crippen LogP contribution in [0.4, 0.5) is 10.1 Å². The molecule has 0 atom stereocenters. The quantitative estimate of drug-likeness (QED) is 0.842. The molecule has 20 heavy (non-hydrogen) atoms. The van der Waals surface area contributed by atoms with Crippen molar-refractivity contribution in [2.24, 2.45) is 22.5 Å². The molecule has 5 heteroatoms. The standard InChI is InChI=1S/C15H19FN2OS/c1-14(2)11(15(14,3)4)13(19)18-8-5-6-10(16)9(7-8)12(17)20/h5-7,11H,1-4H3,(H2,17,20)(H,18,19). The van der Waals surface area contributed by atoms with Crippen LogP contribution >= 0.6 is 12.2 Å². The summed E-state index contributed by atoms with van der Waals surface area (Å²) in [6.07, 6.45) is 0. The predicted molar refractivity (Wildman–Crippen MR) is 82.0 cm³/mol. The molecule has 1 aromatic carbocycles. The van der Waals surface area contributed by atoms with Crippen LogP contribution in [0.5, 0.6) is 0 Å². The number of amides is 1. The summed E-state index contributed by atoms with van der Waals surface area (Å²) in [4.78, 5) is 12.3. The van der Waals surface area contributed by atoms with Crippen LogP contribution in [0.25, 0.3) is 0 Å². The van der Waals surface area contributed by atoms with E-state index < -0.39 is 5.82 Å². The van der Waals surface area contributed by atoms with Crippen LogP contribution < -0.4 is 11.1 Å². The third-order valence-electron chi connectivity index (χ3n) is 4.78. The van der Waals surface area contributed by atoms with Crippen molar-refractivity contribution in [3.8, 4) is 0 Å². The summed E-state index contributed by atoms with van der Waals surface area (Å²) in [6, 6.07) is 4.24. The van der Waals surface area contributed by atoms with E-state index in [1.54, 1.807) is 0 Å². The second-order valence-corrected chi connectivity index (χ2v) is 6.86. The van der Waals surface area contributed by atoms with E-state index in [0.29, 0.717) is 5.69 Å². The number of carbonyl (C=O) groups excluding carboxylic acids is 1. The zero-order chi connectivity index (χ0) is 15.3. The Balaban J connectivity index is 2.18. The molecule has 0 heterocycles. The Morgan fingerprint density at radius 2 is 1.85 bits per heavy atom. The first-order valence-corrected chi connectivity index (χ1v) is 6.90. The molecule has 1 fully saturated rings. The highest BCUT2D eigenvalue weighted by atomic mass is 32.1. The van der Waals surface area contributed by atoms with Gasteiger partial charge in [0.25, 0.3) is 0 Å². The largest absolute Gasteiger partial charge is 0.389 e. The molecule has 0 spiro atoms. The Kier molecular flexibility index (Phi) is 3.37. The van der Waals surface area contributed by atoms with Crippen LogP contribution in [0, 0.1) is 22.6 Å². The van der Waals surface area contributed by atoms with Gasteiger partial charge in [-0.3, -0.25) is 4.79 Å². The first kappa shape index (κ1) is 14.9. The Morgan fingerprint density at radius 1 is 1.30 bits per heavy atom. The number of benzene rings is 1. The lowest BCUT2D eigenvalue weighted by Gasteiger charge is -2.09. The van der Waals surface area contributed by atoms with E-state index in [4.69, 9.17) is 18.0 Å². The maximum Gasteiger partial charge on any atom is 0.228 e. The molecule has 1 saturated carbocycles. The predicted octanol–water partition coefficient (Wildman–Crippen LogP) is 3.08. The fourth-order valence-electron chi connectivity index (χ4n) is 2.86. The maximum atomic E-state index is 13.5. The molecular formula is C15H19FN2OS. The summed E-state index contributed by atoms with van der Waals surface area (Å²) in [5.41, 5.74) is 6.03. The van der Waals surface area contributed by atoms with Gasteiger partial charge in [0.1, 0.15) is 10.8 Å². The SMILES string of the molecule is CC1(C)C(C(=O)Nc2ccc(F)c(C(N)=S)c2)C1(C)C. The minimum atomic E-state index is -0.484. The number of thiocarbonyl (C=S) groups is 1. The van der Waals surface area contributed by atoms with Gasteiger partial charge in [-0.25, -0.2) is 4.39 Å². The van der Waals surface area contributed by atoms with Crippen molar-refractivity contribution in [2.45, 2.75) is 27.7 Å². The Morgan fingerprint density at radius 3 is 2.30 bits per heavy atom. The van der Waals surface area contributed by atoms with Crippen LogP contribution in [0.3, 0.4) is 0 Å². The van der Waals surface area contributed by atoms with Gasteiger partial charge in [0.2, 0.25) is 5.91 Å². The second kappa shape index (κ2) is 4.52. The first-order valence-electron chi connectivity index (χ1n) is 6.49. The molecule has 1 aromatic rings. The summed E-state index contributed by atoms with van der Waals surface area (Å²) >= 11 is 4.78. The molecular weight excluding hydrogens is 275 g/mol. The molecule has 0 unspecified atom stereocenters. The van der Waals surface area contributed by atoms with Gasteiger partial charge >= 0.3 is 0 Å². The molecule has 108 valence electrons. The molecule has 2 rings (SSSR count). The van der Waals surface area contributed by atoms with Gasteiger partial charge in [-0.15, -0.1) is 0 Å². The molecule has 1 aliphatic rings. The number of carbonyl (C=O) groups is 1. The van der Waals surface area contributed by atoms with Crippen molar-refractivity contribution in [3.05, 3.63) is 29.6 Å². The molecule has 0 radical (unpaired) electrons. The van der Waals surface area contributed by atoms with E-state index >= 15 is 0 Å². The number of anilines is 1. The zero-order valence-corrected chi connectivity index (χ0v) is 12.9. The average molecular weight is 294 g/mol. The Labute approximate surface area is 123 Å². The third-order valence-corrected chi connectivity index (χ3v) is 5.00. The minimum absolute atomic E-state index is 0.0225. The first-order chi connectivity index (χ1) is 9.09. The lowest BCUT2D eigenvalue weighted by molar-refractivity contribution is -0.118. The Hall–Kier alpha value is -1.49. The third kappa shape index (κ3) is 2.20. The number of hydrogen-bond acceptors (Lipinski definition) is 2. The van der Waals surface area contributed by atoms with Crippen LogP contribution in [-0.4, -0.2) is 10.9 Å². The Bertz CT molecular complexity index is 582. The number of rotatable bonds is 3. The molecule has 0 aromatic heterocycles. The van der Waals surface area contributed by atoms with Crippen molar-refractivity contribution >= 4 is 28.8 Å². The van der Waals surface area contributed by atoms with Crippen LogP contribution in [-0.2, 0) is 4.79 Å². The number of nitrogens with one attached hydrogen (secondary N) is 1. The van der Waals surface area contributed by atoms with Crippen LogP contribution in [0.2, 0.25) is 0 Å². The van der Waals surface area contributed by atoms with Crippen LogP contribution in [0.15, 0.2) is 18.2 Å². The highest BCUT2D eigenvalue weighted by molar-refractivity contribution is 7.80. The minimum Gasteiger partial charge on any atom is -0.389 e. The van der Waals surface area contributed by atoms with Gasteiger partial charge in [-0.2, -0.15) is 0 Å². The van der Waals surface area contributed by atoms with Crippen LogP contribution in [0.1, 0.15) is 33.3 Å². The second-order valence-electron chi connectivity index (χ2n) is 6.42. The number of halogens is 1. The molecule has 1 aliphatic carbocycles. The lowest BCUT2D eigenvalue weighted by Crippen LogP contribution is -2.19. The van der Waals surface area contributed by atoms with Crippen molar-refractivity contribution in [1.29, 1.82) is 0 Å². The van der Waals surface area contributed by atoms with E-state index in [-0.39, 0.29) is 33.2 Å². The lowest BCUT2D eigenvalue weighted by atomic mass is 10.0. The van der Waals surface area contributed by atoms with E-state index in [9.17, 15) is 9.18 Å². The highest BCUT2D eigenvalue weighted by Gasteiger charge is 2.68. The van der Waals surface area contributed by atoms with E-state index in [1.807, 2.05) is 0 Å². The summed E-state index contributed by atoms with van der Waals surface area (Å²) in [5, 5.41) is 2.82. The van der Waals surface area contributed by atoms with Gasteiger partial charge in [-0.05, 0) is 29.0 Å². The molecule has 0 aliphatic heterocycles. The molecule has 0 saturated heterocycles. The summed E-state index contributed by atoms with van der Waals surface area (Å²) in [6.45, 7) is 8.29. The fraction of sp³-hybridized carbons (Fsp3) is 0.467. The van der Waals surface area contributed by atoms with Gasteiger partial charge in [0.05, 0.1) is 0 Å². The molecule has 1 amide bonds. The van der Waals surface area contributed by atoms with Crippen molar-refractivity contribution in [3.63, 3.8) is 0 Å². The number of hydrogen-bond donors (Lipinski definition) is 2. The van der Waals surface area contributed by atoms with Crippen molar-refractivity contribution < 1.29 is 9.18 Å². The van der Waals surface area contributed by atoms with Gasteiger partial charge in [0.15, 0.2) is 0 Å². The van der Waals surface area contributed by atoms with Gasteiger partial charge in [0, 0.05) is 17.2 Å². The van der Waals surface area contributed by atoms with E-state index in [2.05, 4.69) is 33.0 Å². The van der Waals surface area contributed by atoms with Crippen molar-refractivity contribution in [1.82, 2.24) is 0 Å². The fourth-order valence-corrected chi connectivity index (χ4v) is 3.01. The number of nitrogens with two attached hydrogens (primary N) is 1. The van der Waals surface area contributed by atoms with Crippen molar-refractivity contribution in [2.75, 3.05) is 5.32 Å². The average Bonchev–Trinajstić information content (AvgIpc) is 2.71. The highest BCUT2D eigenvalue weighted by Crippen LogP contribution is 2.68. The van der Waals surface area contributed by atoms with Gasteiger partial charge in [-0.1, -0.05) is 39.9 Å². The van der Waals surface area contributed by atoms with Gasteiger partial charge < -0.3 is 11.1 Å². The maximum absolute atomic E-state index is 13.5. The molecule has 0 bridgehead atoms. The molecule has 3 nitrogen and oxygen atoms in total. The molecule has 3 N–H and O–H groups in total. The summed E-state index contributed by atoms with van der Waals surface area (Å²) in [5.74, 6) is -0.601. The van der Waals surface area contributed by atoms with E-state index in [1.165, 1.54) is 18.2 Å². The monoisotopic (exact) mass is 294 g/mol. The normalized spacial score (nSPS) is 19.4. The van der Waals surface area contributed by atoms with E-state index in [0.717, 1.165) is 0 Å².